The number of amides is 2. The Kier molecular flexibility index (Phi) is 4.66. The van der Waals surface area contributed by atoms with E-state index in [-0.39, 0.29) is 18.4 Å². The fourth-order valence-electron chi connectivity index (χ4n) is 2.43. The maximum Gasteiger partial charge on any atom is 0.272 e. The highest BCUT2D eigenvalue weighted by Gasteiger charge is 2.40. The lowest BCUT2D eigenvalue weighted by atomic mass is 10.2. The third-order valence-electron chi connectivity index (χ3n) is 3.41. The fraction of sp³-hybridized carbons (Fsp3) is 0.176. The first-order valence-corrected chi connectivity index (χ1v) is 8.97. The van der Waals surface area contributed by atoms with E-state index in [0.29, 0.717) is 21.9 Å². The molecule has 0 saturated heterocycles. The quantitative estimate of drug-likeness (QED) is 0.846. The minimum Gasteiger partial charge on any atom is -0.396 e. The number of hydrogen-bond acceptors (Lipinski definition) is 5. The lowest BCUT2D eigenvalue weighted by molar-refractivity contribution is -0.119. The molecule has 1 N–H and O–H groups in total. The van der Waals surface area contributed by atoms with Gasteiger partial charge >= 0.3 is 0 Å². The van der Waals surface area contributed by atoms with E-state index in [9.17, 15) is 9.59 Å². The number of carbonyl (C=O) groups excluding carboxylic acids is 2. The van der Waals surface area contributed by atoms with Crippen LogP contribution in [0.3, 0.4) is 0 Å². The van der Waals surface area contributed by atoms with Crippen molar-refractivity contribution in [1.29, 1.82) is 0 Å². The first-order chi connectivity index (χ1) is 11.1. The molecule has 2 heterocycles. The number of carbonyl (C=O) groups is 2. The van der Waals surface area contributed by atoms with Gasteiger partial charge in [0, 0.05) is 10.6 Å². The van der Waals surface area contributed by atoms with E-state index in [1.165, 1.54) is 28.0 Å². The standard InChI is InChI=1S/C17H15NO3S2/c1-11-4-2-5-12(10-11)18-16(20)14(13-6-3-8-22-13)15(17(18)21)23-9-7-19/h2-6,8,10,19H,7,9H2,1H3. The number of thioether (sulfide) groups is 1. The molecule has 0 spiro atoms. The Morgan fingerprint density at radius 2 is 2.00 bits per heavy atom. The fourth-order valence-corrected chi connectivity index (χ4v) is 4.12. The maximum atomic E-state index is 12.9. The molecule has 1 aromatic carbocycles. The van der Waals surface area contributed by atoms with Gasteiger partial charge in [-0.3, -0.25) is 9.59 Å². The van der Waals surface area contributed by atoms with Crippen molar-refractivity contribution in [1.82, 2.24) is 0 Å². The zero-order valence-electron chi connectivity index (χ0n) is 12.5. The Morgan fingerprint density at radius 3 is 2.65 bits per heavy atom. The minimum atomic E-state index is -0.317. The molecule has 0 atom stereocenters. The SMILES string of the molecule is Cc1cccc(N2C(=O)C(SCCO)=C(c3cccs3)C2=O)c1. The van der Waals surface area contributed by atoms with Gasteiger partial charge in [0.1, 0.15) is 0 Å². The van der Waals surface area contributed by atoms with Gasteiger partial charge in [-0.15, -0.1) is 23.1 Å². The number of rotatable bonds is 5. The summed E-state index contributed by atoms with van der Waals surface area (Å²) in [7, 11) is 0. The highest BCUT2D eigenvalue weighted by molar-refractivity contribution is 8.04. The van der Waals surface area contributed by atoms with Crippen molar-refractivity contribution in [3.8, 4) is 0 Å². The lowest BCUT2D eigenvalue weighted by Crippen LogP contribution is -2.31. The number of hydrogen-bond donors (Lipinski definition) is 1. The van der Waals surface area contributed by atoms with E-state index < -0.39 is 0 Å². The van der Waals surface area contributed by atoms with Crippen molar-refractivity contribution < 1.29 is 14.7 Å². The van der Waals surface area contributed by atoms with Crippen LogP contribution in [0.1, 0.15) is 10.4 Å². The number of aliphatic hydroxyl groups excluding tert-OH is 1. The molecule has 2 aromatic rings. The van der Waals surface area contributed by atoms with Gasteiger partial charge in [0.15, 0.2) is 0 Å². The van der Waals surface area contributed by atoms with Gasteiger partial charge in [0.2, 0.25) is 0 Å². The zero-order valence-corrected chi connectivity index (χ0v) is 14.1. The number of benzene rings is 1. The second-order valence-electron chi connectivity index (χ2n) is 5.04. The zero-order chi connectivity index (χ0) is 16.4. The third kappa shape index (κ3) is 2.97. The normalized spacial score (nSPS) is 15.0. The average molecular weight is 345 g/mol. The molecule has 1 aromatic heterocycles. The van der Waals surface area contributed by atoms with Crippen molar-refractivity contribution in [3.63, 3.8) is 0 Å². The van der Waals surface area contributed by atoms with Crippen LogP contribution >= 0.6 is 23.1 Å². The number of aliphatic hydroxyl groups is 1. The summed E-state index contributed by atoms with van der Waals surface area (Å²) in [6, 6.07) is 11.0. The van der Waals surface area contributed by atoms with E-state index in [1.807, 2.05) is 42.6 Å². The number of anilines is 1. The molecule has 0 unspecified atom stereocenters. The van der Waals surface area contributed by atoms with Crippen LogP contribution in [0.4, 0.5) is 5.69 Å². The number of thiophene rings is 1. The van der Waals surface area contributed by atoms with Crippen LogP contribution < -0.4 is 4.90 Å². The Balaban J connectivity index is 2.05. The van der Waals surface area contributed by atoms with Crippen LogP contribution in [0, 0.1) is 6.92 Å². The van der Waals surface area contributed by atoms with Gasteiger partial charge < -0.3 is 5.11 Å². The second kappa shape index (κ2) is 6.70. The van der Waals surface area contributed by atoms with Crippen LogP contribution in [0.15, 0.2) is 46.7 Å². The summed E-state index contributed by atoms with van der Waals surface area (Å²) in [5.41, 5.74) is 2.00. The molecule has 118 valence electrons. The van der Waals surface area contributed by atoms with E-state index in [4.69, 9.17) is 5.11 Å². The van der Waals surface area contributed by atoms with Crippen LogP contribution in [0.25, 0.3) is 5.57 Å². The molecule has 3 rings (SSSR count). The summed E-state index contributed by atoms with van der Waals surface area (Å²) in [5, 5.41) is 10.9. The molecule has 23 heavy (non-hydrogen) atoms. The van der Waals surface area contributed by atoms with E-state index in [1.54, 1.807) is 6.07 Å². The van der Waals surface area contributed by atoms with Crippen LogP contribution in [-0.2, 0) is 9.59 Å². The third-order valence-corrected chi connectivity index (χ3v) is 5.35. The number of nitrogens with zero attached hydrogens (tertiary/aromatic N) is 1. The number of imide groups is 1. The Labute approximate surface area is 142 Å². The molecular weight excluding hydrogens is 330 g/mol. The van der Waals surface area contributed by atoms with Gasteiger partial charge in [-0.2, -0.15) is 0 Å². The van der Waals surface area contributed by atoms with Crippen molar-refractivity contribution in [2.75, 3.05) is 17.3 Å². The highest BCUT2D eigenvalue weighted by atomic mass is 32.2. The van der Waals surface area contributed by atoms with E-state index in [0.717, 1.165) is 10.4 Å². The molecule has 0 fully saturated rings. The first-order valence-electron chi connectivity index (χ1n) is 7.10. The molecule has 4 nitrogen and oxygen atoms in total. The molecule has 0 aliphatic carbocycles. The predicted octanol–water partition coefficient (Wildman–Crippen LogP) is 3.07. The van der Waals surface area contributed by atoms with Gasteiger partial charge in [0.25, 0.3) is 11.8 Å². The van der Waals surface area contributed by atoms with Gasteiger partial charge in [-0.25, -0.2) is 4.90 Å². The minimum absolute atomic E-state index is 0.0438. The highest BCUT2D eigenvalue weighted by Crippen LogP contribution is 2.39. The van der Waals surface area contributed by atoms with E-state index >= 15 is 0 Å². The van der Waals surface area contributed by atoms with Crippen molar-refractivity contribution in [3.05, 3.63) is 57.1 Å². The van der Waals surface area contributed by atoms with Crippen LogP contribution in [-0.4, -0.2) is 29.3 Å². The van der Waals surface area contributed by atoms with Crippen molar-refractivity contribution >= 4 is 46.2 Å². The van der Waals surface area contributed by atoms with Crippen molar-refractivity contribution in [2.45, 2.75) is 6.92 Å². The molecule has 6 heteroatoms. The van der Waals surface area contributed by atoms with Gasteiger partial charge in [-0.1, -0.05) is 18.2 Å². The molecular formula is C17H15NO3S2. The first kappa shape index (κ1) is 16.0. The summed E-state index contributed by atoms with van der Waals surface area (Å²) in [6.07, 6.45) is 0. The molecule has 0 saturated carbocycles. The molecule has 0 radical (unpaired) electrons. The Morgan fingerprint density at radius 1 is 1.17 bits per heavy atom. The van der Waals surface area contributed by atoms with Gasteiger partial charge in [0.05, 0.1) is 22.8 Å². The molecule has 0 bridgehead atoms. The average Bonchev–Trinajstić information content (AvgIpc) is 3.12. The Hall–Kier alpha value is -1.89. The van der Waals surface area contributed by atoms with Crippen LogP contribution in [0.2, 0.25) is 0 Å². The lowest BCUT2D eigenvalue weighted by Gasteiger charge is -2.15. The summed E-state index contributed by atoms with van der Waals surface area (Å²) in [6.45, 7) is 1.88. The molecule has 2 amide bonds. The van der Waals surface area contributed by atoms with Gasteiger partial charge in [-0.05, 0) is 36.1 Å². The van der Waals surface area contributed by atoms with E-state index in [2.05, 4.69) is 0 Å². The van der Waals surface area contributed by atoms with Crippen LogP contribution in [0.5, 0.6) is 0 Å². The molecule has 1 aliphatic heterocycles. The largest absolute Gasteiger partial charge is 0.396 e. The monoisotopic (exact) mass is 345 g/mol. The second-order valence-corrected chi connectivity index (χ2v) is 7.09. The number of aryl methyl sites for hydroxylation is 1. The Bertz CT molecular complexity index is 781. The molecule has 1 aliphatic rings. The topological polar surface area (TPSA) is 57.6 Å². The summed E-state index contributed by atoms with van der Waals surface area (Å²) >= 11 is 2.66. The summed E-state index contributed by atoms with van der Waals surface area (Å²) < 4.78 is 0. The smallest absolute Gasteiger partial charge is 0.272 e. The van der Waals surface area contributed by atoms with Crippen molar-refractivity contribution in [2.24, 2.45) is 0 Å². The summed E-state index contributed by atoms with van der Waals surface area (Å²) in [5.74, 6) is -0.240. The predicted molar refractivity (Wildman–Crippen MR) is 94.5 cm³/mol. The maximum absolute atomic E-state index is 12.9. The summed E-state index contributed by atoms with van der Waals surface area (Å²) in [4.78, 5) is 28.1.